The van der Waals surface area contributed by atoms with Crippen LogP contribution in [0.2, 0.25) is 0 Å². The molecule has 0 saturated carbocycles. The average molecular weight is 269 g/mol. The molecule has 0 aliphatic carbocycles. The van der Waals surface area contributed by atoms with Gasteiger partial charge in [0.05, 0.1) is 30.6 Å². The first kappa shape index (κ1) is 12.1. The molecule has 1 aromatic carbocycles. The molecule has 2 aromatic heterocycles. The maximum absolute atomic E-state index is 11.2. The summed E-state index contributed by atoms with van der Waals surface area (Å²) in [7, 11) is 1.52. The zero-order valence-electron chi connectivity index (χ0n) is 10.6. The molecule has 0 bridgehead atoms. The smallest absolute Gasteiger partial charge is 0.248 e. The molecule has 2 heterocycles. The zero-order valence-corrected chi connectivity index (χ0v) is 10.6. The van der Waals surface area contributed by atoms with Gasteiger partial charge < -0.3 is 15.5 Å². The molecule has 3 rings (SSSR count). The number of H-pyrrole nitrogens is 1. The summed E-state index contributed by atoms with van der Waals surface area (Å²) in [5, 5.41) is 7.56. The maximum Gasteiger partial charge on any atom is 0.248 e. The van der Waals surface area contributed by atoms with Gasteiger partial charge in [0.15, 0.2) is 0 Å². The van der Waals surface area contributed by atoms with Crippen LogP contribution in [0.3, 0.4) is 0 Å². The van der Waals surface area contributed by atoms with Gasteiger partial charge in [-0.2, -0.15) is 10.2 Å². The van der Waals surface area contributed by atoms with Gasteiger partial charge >= 0.3 is 0 Å². The summed E-state index contributed by atoms with van der Waals surface area (Å²) >= 11 is 0. The second kappa shape index (κ2) is 4.61. The number of hydrogen-bond donors (Lipinski definition) is 2. The number of aromatic amines is 1. The number of carbonyl (C=O) groups excluding carboxylic acids is 1. The van der Waals surface area contributed by atoms with E-state index in [0.29, 0.717) is 22.7 Å². The number of methoxy groups -OCH3 is 1. The Morgan fingerprint density at radius 3 is 2.80 bits per heavy atom. The van der Waals surface area contributed by atoms with Crippen molar-refractivity contribution in [3.05, 3.63) is 36.2 Å². The molecule has 1 amide bonds. The van der Waals surface area contributed by atoms with E-state index in [0.717, 1.165) is 11.1 Å². The number of hydrogen-bond acceptors (Lipinski definition) is 5. The van der Waals surface area contributed by atoms with Crippen LogP contribution in [0, 0.1) is 0 Å². The van der Waals surface area contributed by atoms with Crippen LogP contribution in [0.15, 0.2) is 30.6 Å². The van der Waals surface area contributed by atoms with Crippen LogP contribution in [0.5, 0.6) is 5.75 Å². The number of nitrogens with one attached hydrogen (secondary N) is 1. The molecule has 0 spiro atoms. The van der Waals surface area contributed by atoms with E-state index in [1.54, 1.807) is 30.6 Å². The standard InChI is InChI=1S/C13H11N5O2/c1-20-11-4-7(12(14)19)2-3-8(11)13-17-9-5-15-16-6-10(9)18-13/h2-6H,1H3,(H2,14,19)(H,17,18). The van der Waals surface area contributed by atoms with Gasteiger partial charge in [-0.05, 0) is 18.2 Å². The average Bonchev–Trinajstić information content (AvgIpc) is 2.90. The molecule has 0 aliphatic rings. The monoisotopic (exact) mass is 269 g/mol. The lowest BCUT2D eigenvalue weighted by Gasteiger charge is -2.07. The lowest BCUT2D eigenvalue weighted by Crippen LogP contribution is -2.11. The van der Waals surface area contributed by atoms with Gasteiger partial charge in [0.25, 0.3) is 0 Å². The molecule has 3 aromatic rings. The largest absolute Gasteiger partial charge is 0.496 e. The molecular weight excluding hydrogens is 258 g/mol. The first-order valence-corrected chi connectivity index (χ1v) is 5.83. The maximum atomic E-state index is 11.2. The summed E-state index contributed by atoms with van der Waals surface area (Å²) in [5.74, 6) is 0.622. The summed E-state index contributed by atoms with van der Waals surface area (Å²) < 4.78 is 5.29. The number of fused-ring (bicyclic) bond motifs is 1. The fourth-order valence-electron chi connectivity index (χ4n) is 1.94. The number of nitrogens with zero attached hydrogens (tertiary/aromatic N) is 3. The number of ether oxygens (including phenoxy) is 1. The minimum Gasteiger partial charge on any atom is -0.496 e. The van der Waals surface area contributed by atoms with Crippen LogP contribution >= 0.6 is 0 Å². The molecule has 3 N–H and O–H groups in total. The van der Waals surface area contributed by atoms with Gasteiger partial charge in [-0.3, -0.25) is 4.79 Å². The lowest BCUT2D eigenvalue weighted by molar-refractivity contribution is 0.1000. The molecule has 0 radical (unpaired) electrons. The van der Waals surface area contributed by atoms with Crippen molar-refractivity contribution in [1.29, 1.82) is 0 Å². The van der Waals surface area contributed by atoms with Gasteiger partial charge in [0, 0.05) is 5.56 Å². The first-order chi connectivity index (χ1) is 9.69. The van der Waals surface area contributed by atoms with Crippen molar-refractivity contribution < 1.29 is 9.53 Å². The molecule has 0 fully saturated rings. The van der Waals surface area contributed by atoms with Crippen LogP contribution in [0.4, 0.5) is 0 Å². The van der Waals surface area contributed by atoms with Gasteiger partial charge in [0.2, 0.25) is 5.91 Å². The summed E-state index contributed by atoms with van der Waals surface area (Å²) in [6.07, 6.45) is 3.16. The fourth-order valence-corrected chi connectivity index (χ4v) is 1.94. The van der Waals surface area contributed by atoms with Crippen molar-refractivity contribution in [2.24, 2.45) is 5.73 Å². The third kappa shape index (κ3) is 1.95. The van der Waals surface area contributed by atoms with Crippen molar-refractivity contribution in [1.82, 2.24) is 20.2 Å². The van der Waals surface area contributed by atoms with Crippen LogP contribution in [0.25, 0.3) is 22.4 Å². The second-order valence-electron chi connectivity index (χ2n) is 4.15. The topological polar surface area (TPSA) is 107 Å². The number of primary amides is 1. The molecule has 20 heavy (non-hydrogen) atoms. The van der Waals surface area contributed by atoms with Crippen LogP contribution < -0.4 is 10.5 Å². The van der Waals surface area contributed by atoms with Crippen molar-refractivity contribution in [3.63, 3.8) is 0 Å². The van der Waals surface area contributed by atoms with Gasteiger partial charge in [-0.25, -0.2) is 4.98 Å². The van der Waals surface area contributed by atoms with Gasteiger partial charge in [0.1, 0.15) is 17.1 Å². The molecule has 100 valence electrons. The number of rotatable bonds is 3. The lowest BCUT2D eigenvalue weighted by atomic mass is 10.1. The van der Waals surface area contributed by atoms with Crippen LogP contribution in [-0.2, 0) is 0 Å². The van der Waals surface area contributed by atoms with E-state index in [1.807, 2.05) is 0 Å². The Hall–Kier alpha value is -2.96. The highest BCUT2D eigenvalue weighted by atomic mass is 16.5. The third-order valence-corrected chi connectivity index (χ3v) is 2.94. The number of aromatic nitrogens is 4. The van der Waals surface area contributed by atoms with Gasteiger partial charge in [-0.15, -0.1) is 0 Å². The van der Waals surface area contributed by atoms with E-state index in [1.165, 1.54) is 7.11 Å². The van der Waals surface area contributed by atoms with Crippen LogP contribution in [-0.4, -0.2) is 33.2 Å². The SMILES string of the molecule is COc1cc(C(N)=O)ccc1-c1nc2cnncc2[nH]1. The minimum absolute atomic E-state index is 0.380. The number of amides is 1. The highest BCUT2D eigenvalue weighted by Crippen LogP contribution is 2.29. The summed E-state index contributed by atoms with van der Waals surface area (Å²) in [6.45, 7) is 0. The number of nitrogens with two attached hydrogens (primary N) is 1. The van der Waals surface area contributed by atoms with E-state index in [-0.39, 0.29) is 0 Å². The Bertz CT molecular complexity index is 763. The van der Waals surface area contributed by atoms with E-state index < -0.39 is 5.91 Å². The molecule has 7 heteroatoms. The van der Waals surface area contributed by atoms with Crippen molar-refractivity contribution in [3.8, 4) is 17.1 Å². The summed E-state index contributed by atoms with van der Waals surface area (Å²) in [4.78, 5) is 18.7. The zero-order chi connectivity index (χ0) is 14.1. The second-order valence-corrected chi connectivity index (χ2v) is 4.15. The quantitative estimate of drug-likeness (QED) is 0.741. The van der Waals surface area contributed by atoms with Crippen molar-refractivity contribution in [2.45, 2.75) is 0 Å². The Labute approximate surface area is 113 Å². The summed E-state index contributed by atoms with van der Waals surface area (Å²) in [6, 6.07) is 4.95. The minimum atomic E-state index is -0.507. The van der Waals surface area contributed by atoms with E-state index in [4.69, 9.17) is 10.5 Å². The van der Waals surface area contributed by atoms with E-state index >= 15 is 0 Å². The molecule has 0 unspecified atom stereocenters. The normalized spacial score (nSPS) is 10.7. The van der Waals surface area contributed by atoms with Crippen molar-refractivity contribution >= 4 is 16.9 Å². The molecule has 0 atom stereocenters. The Morgan fingerprint density at radius 1 is 1.30 bits per heavy atom. The van der Waals surface area contributed by atoms with Crippen molar-refractivity contribution in [2.75, 3.05) is 7.11 Å². The molecule has 7 nitrogen and oxygen atoms in total. The predicted molar refractivity (Wildman–Crippen MR) is 72.2 cm³/mol. The fraction of sp³-hybridized carbons (Fsp3) is 0.0769. The van der Waals surface area contributed by atoms with Crippen LogP contribution in [0.1, 0.15) is 10.4 Å². The Balaban J connectivity index is 2.15. The number of carbonyl (C=O) groups is 1. The number of benzene rings is 1. The Kier molecular flexibility index (Phi) is 2.79. The number of imidazole rings is 1. The predicted octanol–water partition coefficient (Wildman–Crippen LogP) is 1.13. The highest BCUT2D eigenvalue weighted by molar-refractivity contribution is 5.94. The first-order valence-electron chi connectivity index (χ1n) is 5.83. The summed E-state index contributed by atoms with van der Waals surface area (Å²) in [5.41, 5.74) is 7.84. The molecular formula is C13H11N5O2. The van der Waals surface area contributed by atoms with E-state index in [9.17, 15) is 4.79 Å². The highest BCUT2D eigenvalue weighted by Gasteiger charge is 2.13. The Morgan fingerprint density at radius 2 is 2.10 bits per heavy atom. The van der Waals surface area contributed by atoms with E-state index in [2.05, 4.69) is 20.2 Å². The van der Waals surface area contributed by atoms with Gasteiger partial charge in [-0.1, -0.05) is 0 Å². The molecule has 0 aliphatic heterocycles. The third-order valence-electron chi connectivity index (χ3n) is 2.94. The molecule has 0 saturated heterocycles.